The number of nitrogens with two attached hydrogens (primary N) is 1. The first kappa shape index (κ1) is 15.5. The van der Waals surface area contributed by atoms with Crippen LogP contribution in [0.5, 0.6) is 11.5 Å². The molecule has 2 N–H and O–H groups in total. The zero-order valence-electron chi connectivity index (χ0n) is 14.3. The number of methoxy groups -OCH3 is 2. The largest absolute Gasteiger partial charge is 0.493 e. The van der Waals surface area contributed by atoms with Gasteiger partial charge in [-0.25, -0.2) is 9.97 Å². The summed E-state index contributed by atoms with van der Waals surface area (Å²) in [5.74, 6) is 2.24. The normalized spacial score (nSPS) is 13.6. The van der Waals surface area contributed by atoms with Gasteiger partial charge in [-0.3, -0.25) is 0 Å². The molecule has 0 spiro atoms. The molecular weight excluding hydrogens is 316 g/mol. The van der Waals surface area contributed by atoms with E-state index in [-0.39, 0.29) is 0 Å². The zero-order chi connectivity index (χ0) is 17.4. The number of ether oxygens (including phenoxy) is 2. The summed E-state index contributed by atoms with van der Waals surface area (Å²) in [4.78, 5) is 11.2. The summed E-state index contributed by atoms with van der Waals surface area (Å²) in [5.41, 5.74) is 10.2. The lowest BCUT2D eigenvalue weighted by atomic mass is 9.99. The monoisotopic (exact) mass is 336 g/mol. The number of nitrogen functional groups attached to an aromatic ring is 1. The van der Waals surface area contributed by atoms with Gasteiger partial charge in [-0.15, -0.1) is 0 Å². The summed E-state index contributed by atoms with van der Waals surface area (Å²) in [6, 6.07) is 9.96. The van der Waals surface area contributed by atoms with E-state index in [9.17, 15) is 0 Å². The summed E-state index contributed by atoms with van der Waals surface area (Å²) in [6.45, 7) is 1.68. The van der Waals surface area contributed by atoms with Gasteiger partial charge in [-0.2, -0.15) is 0 Å². The van der Waals surface area contributed by atoms with Crippen molar-refractivity contribution in [3.8, 4) is 11.5 Å². The van der Waals surface area contributed by atoms with E-state index in [4.69, 9.17) is 15.2 Å². The highest BCUT2D eigenvalue weighted by atomic mass is 16.5. The lowest BCUT2D eigenvalue weighted by Gasteiger charge is -2.30. The molecule has 4 rings (SSSR count). The van der Waals surface area contributed by atoms with Gasteiger partial charge >= 0.3 is 0 Å². The van der Waals surface area contributed by atoms with Crippen molar-refractivity contribution in [3.63, 3.8) is 0 Å². The molecule has 25 heavy (non-hydrogen) atoms. The summed E-state index contributed by atoms with van der Waals surface area (Å²) in [5, 5.41) is 0.951. The molecule has 0 bridgehead atoms. The molecule has 0 unspecified atom stereocenters. The van der Waals surface area contributed by atoms with Gasteiger partial charge < -0.3 is 20.1 Å². The Morgan fingerprint density at radius 3 is 2.60 bits per heavy atom. The van der Waals surface area contributed by atoms with Crippen molar-refractivity contribution in [1.82, 2.24) is 9.97 Å². The van der Waals surface area contributed by atoms with Crippen molar-refractivity contribution < 1.29 is 9.47 Å². The number of benzene rings is 2. The quantitative estimate of drug-likeness (QED) is 0.742. The van der Waals surface area contributed by atoms with Crippen LogP contribution in [0.4, 0.5) is 11.5 Å². The molecule has 128 valence electrons. The minimum Gasteiger partial charge on any atom is -0.493 e. The number of fused-ring (bicyclic) bond motifs is 2. The van der Waals surface area contributed by atoms with E-state index in [2.05, 4.69) is 27.0 Å². The van der Waals surface area contributed by atoms with Crippen LogP contribution in [0.25, 0.3) is 10.9 Å². The maximum Gasteiger partial charge on any atom is 0.162 e. The third-order valence-corrected chi connectivity index (χ3v) is 4.66. The second kappa shape index (κ2) is 6.12. The molecule has 0 amide bonds. The number of rotatable bonds is 3. The SMILES string of the molecule is COc1cc2ncnc(N3CCc4ccc(N)cc4C3)c2cc1OC. The molecule has 0 saturated carbocycles. The Balaban J connectivity index is 1.79. The fraction of sp³-hybridized carbons (Fsp3) is 0.263. The number of hydrogen-bond donors (Lipinski definition) is 1. The lowest BCUT2D eigenvalue weighted by molar-refractivity contribution is 0.356. The van der Waals surface area contributed by atoms with Crippen LogP contribution < -0.4 is 20.1 Å². The second-order valence-corrected chi connectivity index (χ2v) is 6.12. The Hall–Kier alpha value is -3.02. The minimum atomic E-state index is 0.663. The van der Waals surface area contributed by atoms with Crippen LogP contribution in [0, 0.1) is 0 Å². The summed E-state index contributed by atoms with van der Waals surface area (Å²) in [7, 11) is 3.25. The number of anilines is 2. The minimum absolute atomic E-state index is 0.663. The molecular formula is C19H20N4O2. The molecule has 3 aromatic rings. The highest BCUT2D eigenvalue weighted by Gasteiger charge is 2.20. The molecule has 2 heterocycles. The predicted octanol–water partition coefficient (Wildman–Crippen LogP) is 2.79. The number of aromatic nitrogens is 2. The van der Waals surface area contributed by atoms with Gasteiger partial charge in [0.05, 0.1) is 19.7 Å². The number of hydrogen-bond acceptors (Lipinski definition) is 6. The van der Waals surface area contributed by atoms with Crippen LogP contribution in [-0.4, -0.2) is 30.7 Å². The molecule has 0 radical (unpaired) electrons. The Kier molecular flexibility index (Phi) is 3.80. The van der Waals surface area contributed by atoms with Crippen molar-refractivity contribution in [2.75, 3.05) is 31.4 Å². The smallest absolute Gasteiger partial charge is 0.162 e. The van der Waals surface area contributed by atoms with Crippen LogP contribution >= 0.6 is 0 Å². The van der Waals surface area contributed by atoms with E-state index in [1.54, 1.807) is 20.5 Å². The van der Waals surface area contributed by atoms with Gasteiger partial charge in [0, 0.05) is 30.2 Å². The average Bonchev–Trinajstić information content (AvgIpc) is 2.65. The average molecular weight is 336 g/mol. The molecule has 0 atom stereocenters. The topological polar surface area (TPSA) is 73.5 Å². The van der Waals surface area contributed by atoms with Gasteiger partial charge in [-0.05, 0) is 35.7 Å². The molecule has 2 aromatic carbocycles. The molecule has 0 aliphatic carbocycles. The highest BCUT2D eigenvalue weighted by Crippen LogP contribution is 2.36. The van der Waals surface area contributed by atoms with E-state index in [0.717, 1.165) is 41.9 Å². The van der Waals surface area contributed by atoms with Crippen molar-refractivity contribution in [1.29, 1.82) is 0 Å². The molecule has 6 nitrogen and oxygen atoms in total. The fourth-order valence-corrected chi connectivity index (χ4v) is 3.38. The first-order valence-electron chi connectivity index (χ1n) is 8.18. The molecule has 1 aliphatic rings. The standard InChI is InChI=1S/C19H20N4O2/c1-24-17-8-15-16(9-18(17)25-2)21-11-22-19(15)23-6-5-12-3-4-14(20)7-13(12)10-23/h3-4,7-9,11H,5-6,10,20H2,1-2H3. The van der Waals surface area contributed by atoms with Crippen LogP contribution in [0.1, 0.15) is 11.1 Å². The predicted molar refractivity (Wildman–Crippen MR) is 98.3 cm³/mol. The summed E-state index contributed by atoms with van der Waals surface area (Å²) in [6.07, 6.45) is 2.56. The van der Waals surface area contributed by atoms with E-state index in [1.807, 2.05) is 18.2 Å². The van der Waals surface area contributed by atoms with E-state index >= 15 is 0 Å². The molecule has 1 aliphatic heterocycles. The van der Waals surface area contributed by atoms with Crippen molar-refractivity contribution in [2.24, 2.45) is 0 Å². The van der Waals surface area contributed by atoms with Crippen molar-refractivity contribution in [3.05, 3.63) is 47.8 Å². The van der Waals surface area contributed by atoms with E-state index < -0.39 is 0 Å². The van der Waals surface area contributed by atoms with E-state index in [0.29, 0.717) is 11.5 Å². The van der Waals surface area contributed by atoms with E-state index in [1.165, 1.54) is 11.1 Å². The van der Waals surface area contributed by atoms with Gasteiger partial charge in [0.1, 0.15) is 12.1 Å². The Bertz CT molecular complexity index is 942. The Morgan fingerprint density at radius 1 is 1.00 bits per heavy atom. The molecule has 0 saturated heterocycles. The van der Waals surface area contributed by atoms with Crippen molar-refractivity contribution in [2.45, 2.75) is 13.0 Å². The van der Waals surface area contributed by atoms with Gasteiger partial charge in [0.15, 0.2) is 11.5 Å². The Labute approximate surface area is 146 Å². The van der Waals surface area contributed by atoms with Crippen LogP contribution in [-0.2, 0) is 13.0 Å². The second-order valence-electron chi connectivity index (χ2n) is 6.12. The van der Waals surface area contributed by atoms with Crippen LogP contribution in [0.2, 0.25) is 0 Å². The third kappa shape index (κ3) is 2.69. The van der Waals surface area contributed by atoms with Crippen LogP contribution in [0.15, 0.2) is 36.7 Å². The van der Waals surface area contributed by atoms with Gasteiger partial charge in [0.2, 0.25) is 0 Å². The van der Waals surface area contributed by atoms with Gasteiger partial charge in [-0.1, -0.05) is 6.07 Å². The van der Waals surface area contributed by atoms with Gasteiger partial charge in [0.25, 0.3) is 0 Å². The first-order chi connectivity index (χ1) is 12.2. The lowest BCUT2D eigenvalue weighted by Crippen LogP contribution is -2.31. The third-order valence-electron chi connectivity index (χ3n) is 4.66. The Morgan fingerprint density at radius 2 is 1.80 bits per heavy atom. The molecule has 1 aromatic heterocycles. The summed E-state index contributed by atoms with van der Waals surface area (Å²) >= 11 is 0. The summed E-state index contributed by atoms with van der Waals surface area (Å²) < 4.78 is 10.8. The van der Waals surface area contributed by atoms with Crippen molar-refractivity contribution >= 4 is 22.4 Å². The molecule has 0 fully saturated rings. The fourth-order valence-electron chi connectivity index (χ4n) is 3.38. The van der Waals surface area contributed by atoms with Crippen LogP contribution in [0.3, 0.4) is 0 Å². The first-order valence-corrected chi connectivity index (χ1v) is 8.18. The number of nitrogens with zero attached hydrogens (tertiary/aromatic N) is 3. The maximum absolute atomic E-state index is 5.95. The maximum atomic E-state index is 5.95. The highest BCUT2D eigenvalue weighted by molar-refractivity contribution is 5.92. The zero-order valence-corrected chi connectivity index (χ0v) is 14.3. The molecule has 6 heteroatoms.